The van der Waals surface area contributed by atoms with Gasteiger partial charge in [-0.2, -0.15) is 4.31 Å². The molecule has 1 aliphatic heterocycles. The molecule has 0 aliphatic carbocycles. The molecule has 0 atom stereocenters. The molecular weight excluding hydrogens is 384 g/mol. The summed E-state index contributed by atoms with van der Waals surface area (Å²) in [5.41, 5.74) is 1.89. The second kappa shape index (κ2) is 8.25. The molecular formula is C20H21ClN2O3S. The van der Waals surface area contributed by atoms with Crippen LogP contribution in [0.1, 0.15) is 11.1 Å². The maximum Gasteiger partial charge on any atom is 0.246 e. The van der Waals surface area contributed by atoms with E-state index < -0.39 is 10.0 Å². The average Bonchev–Trinajstić information content (AvgIpc) is 2.68. The molecule has 27 heavy (non-hydrogen) atoms. The number of sulfonamides is 1. The van der Waals surface area contributed by atoms with Gasteiger partial charge >= 0.3 is 0 Å². The second-order valence-electron chi connectivity index (χ2n) is 6.43. The number of halogens is 1. The first-order valence-corrected chi connectivity index (χ1v) is 10.5. The first-order chi connectivity index (χ1) is 12.9. The Morgan fingerprint density at radius 1 is 0.963 bits per heavy atom. The summed E-state index contributed by atoms with van der Waals surface area (Å²) < 4.78 is 26.9. The first-order valence-electron chi connectivity index (χ1n) is 8.66. The highest BCUT2D eigenvalue weighted by molar-refractivity contribution is 7.89. The zero-order valence-electron chi connectivity index (χ0n) is 15.0. The van der Waals surface area contributed by atoms with Gasteiger partial charge in [-0.1, -0.05) is 41.4 Å². The van der Waals surface area contributed by atoms with Crippen molar-refractivity contribution < 1.29 is 13.2 Å². The summed E-state index contributed by atoms with van der Waals surface area (Å²) in [6.45, 7) is 3.23. The van der Waals surface area contributed by atoms with Crippen LogP contribution in [0.25, 0.3) is 6.08 Å². The maximum atomic E-state index is 12.7. The van der Waals surface area contributed by atoms with Crippen molar-refractivity contribution in [3.63, 3.8) is 0 Å². The Bertz CT molecular complexity index is 930. The lowest BCUT2D eigenvalue weighted by molar-refractivity contribution is -0.127. The summed E-state index contributed by atoms with van der Waals surface area (Å²) >= 11 is 5.85. The van der Waals surface area contributed by atoms with Crippen molar-refractivity contribution in [1.29, 1.82) is 0 Å². The quantitative estimate of drug-likeness (QED) is 0.735. The van der Waals surface area contributed by atoms with Gasteiger partial charge < -0.3 is 4.90 Å². The standard InChI is InChI=1S/C20H21ClN2O3S/c1-16-2-9-19(10-3-16)27(25,26)23-14-12-22(13-15-23)20(24)11-6-17-4-7-18(21)8-5-17/h2-11H,12-15H2,1H3. The minimum absolute atomic E-state index is 0.127. The molecule has 0 unspecified atom stereocenters. The molecule has 1 saturated heterocycles. The lowest BCUT2D eigenvalue weighted by Crippen LogP contribution is -2.50. The van der Waals surface area contributed by atoms with Crippen molar-refractivity contribution in [3.05, 3.63) is 70.8 Å². The normalized spacial score (nSPS) is 16.0. The number of piperazine rings is 1. The molecule has 0 spiro atoms. The Labute approximate surface area is 164 Å². The Kier molecular flexibility index (Phi) is 5.99. The largest absolute Gasteiger partial charge is 0.337 e. The Hall–Kier alpha value is -2.15. The molecule has 1 fully saturated rings. The van der Waals surface area contributed by atoms with Gasteiger partial charge in [0.1, 0.15) is 0 Å². The molecule has 1 aliphatic rings. The molecule has 2 aromatic carbocycles. The van der Waals surface area contributed by atoms with E-state index in [1.165, 1.54) is 10.4 Å². The number of hydrogen-bond acceptors (Lipinski definition) is 3. The van der Waals surface area contributed by atoms with Gasteiger partial charge in [-0.3, -0.25) is 4.79 Å². The zero-order chi connectivity index (χ0) is 19.4. The fraction of sp³-hybridized carbons (Fsp3) is 0.250. The van der Waals surface area contributed by atoms with Gasteiger partial charge in [0.15, 0.2) is 0 Å². The average molecular weight is 405 g/mol. The summed E-state index contributed by atoms with van der Waals surface area (Å²) in [7, 11) is -3.52. The minimum atomic E-state index is -3.52. The number of benzene rings is 2. The predicted molar refractivity (Wildman–Crippen MR) is 107 cm³/mol. The van der Waals surface area contributed by atoms with Gasteiger partial charge in [-0.15, -0.1) is 0 Å². The van der Waals surface area contributed by atoms with Gasteiger partial charge in [-0.05, 0) is 42.8 Å². The highest BCUT2D eigenvalue weighted by Crippen LogP contribution is 2.18. The molecule has 0 aromatic heterocycles. The van der Waals surface area contributed by atoms with Crippen LogP contribution in [0.15, 0.2) is 59.5 Å². The molecule has 0 radical (unpaired) electrons. The lowest BCUT2D eigenvalue weighted by Gasteiger charge is -2.33. The van der Waals surface area contributed by atoms with E-state index in [-0.39, 0.29) is 23.9 Å². The fourth-order valence-electron chi connectivity index (χ4n) is 2.85. The second-order valence-corrected chi connectivity index (χ2v) is 8.80. The molecule has 0 saturated carbocycles. The molecule has 142 valence electrons. The van der Waals surface area contributed by atoms with Crippen molar-refractivity contribution in [2.45, 2.75) is 11.8 Å². The third-order valence-corrected chi connectivity index (χ3v) is 6.66. The van der Waals surface area contributed by atoms with E-state index in [0.717, 1.165) is 11.1 Å². The van der Waals surface area contributed by atoms with E-state index >= 15 is 0 Å². The monoisotopic (exact) mass is 404 g/mol. The number of amides is 1. The Morgan fingerprint density at radius 2 is 1.56 bits per heavy atom. The number of aryl methyl sites for hydroxylation is 1. The number of rotatable bonds is 4. The van der Waals surface area contributed by atoms with Gasteiger partial charge in [-0.25, -0.2) is 8.42 Å². The van der Waals surface area contributed by atoms with Crippen LogP contribution in [-0.4, -0.2) is 49.7 Å². The maximum absolute atomic E-state index is 12.7. The number of hydrogen-bond donors (Lipinski definition) is 0. The molecule has 0 bridgehead atoms. The zero-order valence-corrected chi connectivity index (χ0v) is 16.6. The van der Waals surface area contributed by atoms with Crippen LogP contribution in [0, 0.1) is 6.92 Å². The van der Waals surface area contributed by atoms with Crippen LogP contribution in [-0.2, 0) is 14.8 Å². The molecule has 1 amide bonds. The van der Waals surface area contributed by atoms with Crippen LogP contribution >= 0.6 is 11.6 Å². The molecule has 0 N–H and O–H groups in total. The smallest absolute Gasteiger partial charge is 0.246 e. The Balaban J connectivity index is 1.60. The molecule has 2 aromatic rings. The number of carbonyl (C=O) groups is 1. The van der Waals surface area contributed by atoms with Gasteiger partial charge in [0.2, 0.25) is 15.9 Å². The minimum Gasteiger partial charge on any atom is -0.337 e. The van der Waals surface area contributed by atoms with Crippen LogP contribution in [0.2, 0.25) is 5.02 Å². The fourth-order valence-corrected chi connectivity index (χ4v) is 4.40. The van der Waals surface area contributed by atoms with Gasteiger partial charge in [0.25, 0.3) is 0 Å². The van der Waals surface area contributed by atoms with E-state index in [1.54, 1.807) is 47.4 Å². The van der Waals surface area contributed by atoms with E-state index in [4.69, 9.17) is 11.6 Å². The lowest BCUT2D eigenvalue weighted by atomic mass is 10.2. The molecule has 1 heterocycles. The summed E-state index contributed by atoms with van der Waals surface area (Å²) in [5.74, 6) is -0.127. The molecule has 3 rings (SSSR count). The van der Waals surface area contributed by atoms with E-state index in [2.05, 4.69) is 0 Å². The summed E-state index contributed by atoms with van der Waals surface area (Å²) in [5, 5.41) is 0.643. The molecule has 7 heteroatoms. The van der Waals surface area contributed by atoms with Crippen LogP contribution < -0.4 is 0 Å². The van der Waals surface area contributed by atoms with Gasteiger partial charge in [0.05, 0.1) is 4.90 Å². The van der Waals surface area contributed by atoms with Crippen LogP contribution in [0.4, 0.5) is 0 Å². The summed E-state index contributed by atoms with van der Waals surface area (Å²) in [6, 6.07) is 14.0. The van der Waals surface area contributed by atoms with Crippen molar-refractivity contribution in [2.24, 2.45) is 0 Å². The topological polar surface area (TPSA) is 57.7 Å². The highest BCUT2D eigenvalue weighted by atomic mass is 35.5. The first kappa shape index (κ1) is 19.6. The van der Waals surface area contributed by atoms with Crippen molar-refractivity contribution in [2.75, 3.05) is 26.2 Å². The van der Waals surface area contributed by atoms with Crippen LogP contribution in [0.3, 0.4) is 0 Å². The van der Waals surface area contributed by atoms with Crippen molar-refractivity contribution in [1.82, 2.24) is 9.21 Å². The predicted octanol–water partition coefficient (Wildman–Crippen LogP) is 3.19. The Morgan fingerprint density at radius 3 is 2.15 bits per heavy atom. The van der Waals surface area contributed by atoms with E-state index in [9.17, 15) is 13.2 Å². The SMILES string of the molecule is Cc1ccc(S(=O)(=O)N2CCN(C(=O)C=Cc3ccc(Cl)cc3)CC2)cc1. The highest BCUT2D eigenvalue weighted by Gasteiger charge is 2.29. The van der Waals surface area contributed by atoms with Gasteiger partial charge in [0, 0.05) is 37.3 Å². The number of nitrogens with zero attached hydrogens (tertiary/aromatic N) is 2. The molecule has 5 nitrogen and oxygen atoms in total. The third-order valence-electron chi connectivity index (χ3n) is 4.50. The van der Waals surface area contributed by atoms with Crippen molar-refractivity contribution >= 4 is 33.6 Å². The van der Waals surface area contributed by atoms with Crippen molar-refractivity contribution in [3.8, 4) is 0 Å². The van der Waals surface area contributed by atoms with E-state index in [1.807, 2.05) is 19.1 Å². The van der Waals surface area contributed by atoms with Crippen LogP contribution in [0.5, 0.6) is 0 Å². The third kappa shape index (κ3) is 4.77. The summed E-state index contributed by atoms with van der Waals surface area (Å²) in [6.07, 6.45) is 3.24. The van der Waals surface area contributed by atoms with E-state index in [0.29, 0.717) is 18.1 Å². The summed E-state index contributed by atoms with van der Waals surface area (Å²) in [4.78, 5) is 14.3. The number of carbonyl (C=O) groups excluding carboxylic acids is 1.